The Bertz CT molecular complexity index is 301. The number of urea groups is 1. The predicted molar refractivity (Wildman–Crippen MR) is 73.9 cm³/mol. The minimum atomic E-state index is -0.803. The first-order valence-electron chi connectivity index (χ1n) is 7.20. The lowest BCUT2D eigenvalue weighted by molar-refractivity contribution is -0.138. The number of carbonyl (C=O) groups is 2. The van der Waals surface area contributed by atoms with Gasteiger partial charge in [-0.05, 0) is 37.0 Å². The maximum Gasteiger partial charge on any atom is 0.314 e. The van der Waals surface area contributed by atoms with Crippen LogP contribution in [-0.2, 0) is 4.79 Å². The van der Waals surface area contributed by atoms with Crippen molar-refractivity contribution in [3.8, 4) is 0 Å². The molecule has 0 aliphatic heterocycles. The zero-order chi connectivity index (χ0) is 14.3. The summed E-state index contributed by atoms with van der Waals surface area (Å²) in [5.41, 5.74) is 0. The number of amides is 2. The Morgan fingerprint density at radius 1 is 1.26 bits per heavy atom. The first kappa shape index (κ1) is 15.8. The molecule has 0 bridgehead atoms. The summed E-state index contributed by atoms with van der Waals surface area (Å²) < 4.78 is 0. The minimum absolute atomic E-state index is 0.00644. The number of hydrogen-bond donors (Lipinski definition) is 3. The molecule has 0 spiro atoms. The Morgan fingerprint density at radius 2 is 1.95 bits per heavy atom. The normalized spacial score (nSPS) is 16.8. The molecule has 0 heterocycles. The van der Waals surface area contributed by atoms with Crippen LogP contribution in [0, 0.1) is 17.8 Å². The Kier molecular flexibility index (Phi) is 6.67. The molecule has 0 radical (unpaired) electrons. The van der Waals surface area contributed by atoms with Crippen LogP contribution in [0.2, 0.25) is 0 Å². The van der Waals surface area contributed by atoms with Crippen molar-refractivity contribution in [2.75, 3.05) is 13.1 Å². The molecule has 0 aromatic carbocycles. The highest BCUT2D eigenvalue weighted by atomic mass is 16.4. The molecule has 2 amide bonds. The maximum atomic E-state index is 11.6. The van der Waals surface area contributed by atoms with Crippen molar-refractivity contribution in [3.05, 3.63) is 0 Å². The summed E-state index contributed by atoms with van der Waals surface area (Å²) in [4.78, 5) is 22.4. The second kappa shape index (κ2) is 8.02. The van der Waals surface area contributed by atoms with Gasteiger partial charge < -0.3 is 15.7 Å². The molecule has 1 fully saturated rings. The van der Waals surface area contributed by atoms with Gasteiger partial charge in [-0.1, -0.05) is 20.3 Å². The van der Waals surface area contributed by atoms with E-state index in [-0.39, 0.29) is 18.4 Å². The summed E-state index contributed by atoms with van der Waals surface area (Å²) in [6, 6.07) is -0.175. The fourth-order valence-electron chi connectivity index (χ4n) is 2.39. The average Bonchev–Trinajstić information content (AvgIpc) is 2.22. The van der Waals surface area contributed by atoms with Gasteiger partial charge in [0.25, 0.3) is 0 Å². The number of carbonyl (C=O) groups excluding carboxylic acids is 1. The summed E-state index contributed by atoms with van der Waals surface area (Å²) >= 11 is 0. The van der Waals surface area contributed by atoms with Crippen molar-refractivity contribution in [1.29, 1.82) is 0 Å². The monoisotopic (exact) mass is 270 g/mol. The van der Waals surface area contributed by atoms with Gasteiger partial charge >= 0.3 is 12.0 Å². The van der Waals surface area contributed by atoms with E-state index >= 15 is 0 Å². The van der Waals surface area contributed by atoms with Gasteiger partial charge in [0.1, 0.15) is 0 Å². The third kappa shape index (κ3) is 7.03. The molecular formula is C14H26N2O3. The zero-order valence-electron chi connectivity index (χ0n) is 11.9. The SMILES string of the molecule is CC(C)CC(CNC(=O)NCC1CCC1)CC(=O)O. The first-order valence-corrected chi connectivity index (χ1v) is 7.20. The van der Waals surface area contributed by atoms with Gasteiger partial charge in [0.15, 0.2) is 0 Å². The van der Waals surface area contributed by atoms with Gasteiger partial charge in [-0.25, -0.2) is 4.79 Å². The molecule has 5 nitrogen and oxygen atoms in total. The minimum Gasteiger partial charge on any atom is -0.481 e. The number of carboxylic acids is 1. The molecular weight excluding hydrogens is 244 g/mol. The fourth-order valence-corrected chi connectivity index (χ4v) is 2.39. The van der Waals surface area contributed by atoms with Crippen molar-refractivity contribution in [2.24, 2.45) is 17.8 Å². The van der Waals surface area contributed by atoms with Crippen LogP contribution in [0.3, 0.4) is 0 Å². The van der Waals surface area contributed by atoms with Crippen LogP contribution in [0.5, 0.6) is 0 Å². The van der Waals surface area contributed by atoms with E-state index in [1.54, 1.807) is 0 Å². The van der Waals surface area contributed by atoms with Crippen LogP contribution in [0.25, 0.3) is 0 Å². The van der Waals surface area contributed by atoms with Gasteiger partial charge in [-0.3, -0.25) is 4.79 Å². The van der Waals surface area contributed by atoms with Crippen LogP contribution in [0.1, 0.15) is 46.0 Å². The molecule has 1 aliphatic rings. The third-order valence-corrected chi connectivity index (χ3v) is 3.60. The second-order valence-corrected chi connectivity index (χ2v) is 5.98. The molecule has 110 valence electrons. The highest BCUT2D eigenvalue weighted by Crippen LogP contribution is 2.25. The second-order valence-electron chi connectivity index (χ2n) is 5.98. The van der Waals surface area contributed by atoms with E-state index in [4.69, 9.17) is 5.11 Å². The lowest BCUT2D eigenvalue weighted by Gasteiger charge is -2.25. The van der Waals surface area contributed by atoms with Gasteiger partial charge in [0.05, 0.1) is 0 Å². The summed E-state index contributed by atoms with van der Waals surface area (Å²) in [6.45, 7) is 5.29. The van der Waals surface area contributed by atoms with Crippen molar-refractivity contribution < 1.29 is 14.7 Å². The molecule has 3 N–H and O–H groups in total. The molecule has 5 heteroatoms. The number of carboxylic acid groups (broad SMARTS) is 1. The Balaban J connectivity index is 2.20. The number of aliphatic carboxylic acids is 1. The Hall–Kier alpha value is -1.26. The number of nitrogens with one attached hydrogen (secondary N) is 2. The Morgan fingerprint density at radius 3 is 2.42 bits per heavy atom. The lowest BCUT2D eigenvalue weighted by Crippen LogP contribution is -2.41. The van der Waals surface area contributed by atoms with E-state index < -0.39 is 5.97 Å². The van der Waals surface area contributed by atoms with Gasteiger partial charge in [0.2, 0.25) is 0 Å². The number of hydrogen-bond acceptors (Lipinski definition) is 2. The van der Waals surface area contributed by atoms with Crippen LogP contribution in [0.4, 0.5) is 4.79 Å². The molecule has 0 saturated heterocycles. The summed E-state index contributed by atoms with van der Waals surface area (Å²) in [6.07, 6.45) is 4.60. The van der Waals surface area contributed by atoms with Crippen LogP contribution >= 0.6 is 0 Å². The topological polar surface area (TPSA) is 78.4 Å². The molecule has 0 aromatic heterocycles. The third-order valence-electron chi connectivity index (χ3n) is 3.60. The zero-order valence-corrected chi connectivity index (χ0v) is 11.9. The average molecular weight is 270 g/mol. The van der Waals surface area contributed by atoms with E-state index in [0.29, 0.717) is 18.4 Å². The van der Waals surface area contributed by atoms with E-state index in [0.717, 1.165) is 13.0 Å². The summed E-state index contributed by atoms with van der Waals surface area (Å²) in [5.74, 6) is 0.273. The summed E-state index contributed by atoms with van der Waals surface area (Å²) in [5, 5.41) is 14.5. The van der Waals surface area contributed by atoms with E-state index in [1.807, 2.05) is 0 Å². The van der Waals surface area contributed by atoms with Crippen molar-refractivity contribution in [1.82, 2.24) is 10.6 Å². The van der Waals surface area contributed by atoms with Gasteiger partial charge in [0, 0.05) is 19.5 Å². The van der Waals surface area contributed by atoms with E-state index in [1.165, 1.54) is 19.3 Å². The quantitative estimate of drug-likeness (QED) is 0.633. The number of rotatable bonds is 8. The molecule has 0 aromatic rings. The smallest absolute Gasteiger partial charge is 0.314 e. The molecule has 1 atom stereocenters. The first-order chi connectivity index (χ1) is 8.97. The lowest BCUT2D eigenvalue weighted by atomic mass is 9.85. The molecule has 1 aliphatic carbocycles. The fraction of sp³-hybridized carbons (Fsp3) is 0.857. The maximum absolute atomic E-state index is 11.6. The van der Waals surface area contributed by atoms with E-state index in [9.17, 15) is 9.59 Å². The molecule has 1 rings (SSSR count). The predicted octanol–water partition coefficient (Wildman–Crippen LogP) is 2.22. The van der Waals surface area contributed by atoms with Crippen LogP contribution in [0.15, 0.2) is 0 Å². The standard InChI is InChI=1S/C14H26N2O3/c1-10(2)6-12(7-13(17)18)9-16-14(19)15-8-11-4-3-5-11/h10-12H,3-9H2,1-2H3,(H,17,18)(H2,15,16,19). The largest absolute Gasteiger partial charge is 0.481 e. The van der Waals surface area contributed by atoms with Crippen molar-refractivity contribution in [2.45, 2.75) is 46.0 Å². The van der Waals surface area contributed by atoms with Gasteiger partial charge in [-0.15, -0.1) is 0 Å². The van der Waals surface area contributed by atoms with E-state index in [2.05, 4.69) is 24.5 Å². The molecule has 19 heavy (non-hydrogen) atoms. The molecule has 1 saturated carbocycles. The highest BCUT2D eigenvalue weighted by Gasteiger charge is 2.19. The van der Waals surface area contributed by atoms with Gasteiger partial charge in [-0.2, -0.15) is 0 Å². The van der Waals surface area contributed by atoms with Crippen LogP contribution in [-0.4, -0.2) is 30.2 Å². The summed E-state index contributed by atoms with van der Waals surface area (Å²) in [7, 11) is 0. The van der Waals surface area contributed by atoms with Crippen LogP contribution < -0.4 is 10.6 Å². The molecule has 1 unspecified atom stereocenters. The highest BCUT2D eigenvalue weighted by molar-refractivity contribution is 5.74. The Labute approximate surface area is 115 Å². The van der Waals surface area contributed by atoms with Crippen molar-refractivity contribution in [3.63, 3.8) is 0 Å². The van der Waals surface area contributed by atoms with Crippen molar-refractivity contribution >= 4 is 12.0 Å².